The fourth-order valence-electron chi connectivity index (χ4n) is 1.60. The van der Waals surface area contributed by atoms with Crippen LogP contribution in [-0.2, 0) is 4.74 Å². The van der Waals surface area contributed by atoms with Crippen molar-refractivity contribution in [1.29, 1.82) is 0 Å². The van der Waals surface area contributed by atoms with Gasteiger partial charge in [0, 0.05) is 5.39 Å². The van der Waals surface area contributed by atoms with E-state index >= 15 is 0 Å². The Labute approximate surface area is 97.0 Å². The van der Waals surface area contributed by atoms with Gasteiger partial charge in [0.05, 0.1) is 19.7 Å². The molecule has 0 spiro atoms. The van der Waals surface area contributed by atoms with E-state index in [0.717, 1.165) is 0 Å². The molecule has 88 valence electrons. The highest BCUT2D eigenvalue weighted by Gasteiger charge is 2.21. The van der Waals surface area contributed by atoms with Crippen LogP contribution in [0, 0.1) is 5.82 Å². The fraction of sp³-hybridized carbons (Fsp3) is 0.167. The molecule has 0 aliphatic heterocycles. The van der Waals surface area contributed by atoms with Crippen molar-refractivity contribution < 1.29 is 18.7 Å². The Kier molecular flexibility index (Phi) is 2.91. The number of carbonyl (C=O) groups is 1. The molecule has 0 saturated heterocycles. The van der Waals surface area contributed by atoms with Crippen molar-refractivity contribution in [2.75, 3.05) is 14.2 Å². The number of esters is 1. The molecule has 0 bridgehead atoms. The smallest absolute Gasteiger partial charge is 0.341 e. The minimum absolute atomic E-state index is 0.157. The molecule has 0 fully saturated rings. The Morgan fingerprint density at radius 1 is 1.29 bits per heavy atom. The van der Waals surface area contributed by atoms with Gasteiger partial charge in [-0.15, -0.1) is 0 Å². The summed E-state index contributed by atoms with van der Waals surface area (Å²) in [4.78, 5) is 15.5. The first-order valence-corrected chi connectivity index (χ1v) is 4.89. The van der Waals surface area contributed by atoms with Gasteiger partial charge in [0.15, 0.2) is 5.82 Å². The molecule has 0 N–H and O–H groups in total. The first-order chi connectivity index (χ1) is 8.19. The number of methoxy groups -OCH3 is 2. The molecule has 2 rings (SSSR count). The predicted molar refractivity (Wildman–Crippen MR) is 59.6 cm³/mol. The number of fused-ring (bicyclic) bond motifs is 1. The third-order valence-corrected chi connectivity index (χ3v) is 2.39. The first kappa shape index (κ1) is 11.3. The standard InChI is InChI=1S/C12H10FNO3/c1-16-11-10(13)9(12(15)17-2)7-5-3-4-6-8(7)14-11/h3-6H,1-2H3. The normalized spacial score (nSPS) is 10.3. The molecule has 0 amide bonds. The lowest BCUT2D eigenvalue weighted by Gasteiger charge is -2.08. The highest BCUT2D eigenvalue weighted by atomic mass is 19.1. The largest absolute Gasteiger partial charge is 0.479 e. The van der Waals surface area contributed by atoms with Crippen molar-refractivity contribution in [3.05, 3.63) is 35.6 Å². The summed E-state index contributed by atoms with van der Waals surface area (Å²) in [6.45, 7) is 0. The van der Waals surface area contributed by atoms with E-state index in [0.29, 0.717) is 10.9 Å². The number of carbonyl (C=O) groups excluding carboxylic acids is 1. The number of rotatable bonds is 2. The number of aromatic nitrogens is 1. The van der Waals surface area contributed by atoms with Gasteiger partial charge in [0.1, 0.15) is 5.56 Å². The molecular weight excluding hydrogens is 225 g/mol. The average Bonchev–Trinajstić information content (AvgIpc) is 2.37. The Hall–Kier alpha value is -2.17. The van der Waals surface area contributed by atoms with Crippen molar-refractivity contribution >= 4 is 16.9 Å². The molecule has 0 atom stereocenters. The van der Waals surface area contributed by atoms with E-state index in [-0.39, 0.29) is 11.4 Å². The molecule has 1 heterocycles. The van der Waals surface area contributed by atoms with E-state index < -0.39 is 11.8 Å². The van der Waals surface area contributed by atoms with Crippen LogP contribution in [0.5, 0.6) is 5.88 Å². The molecule has 1 aromatic heterocycles. The van der Waals surface area contributed by atoms with Crippen molar-refractivity contribution in [3.8, 4) is 5.88 Å². The van der Waals surface area contributed by atoms with Crippen LogP contribution in [0.15, 0.2) is 24.3 Å². The van der Waals surface area contributed by atoms with Gasteiger partial charge in [-0.2, -0.15) is 0 Å². The van der Waals surface area contributed by atoms with Gasteiger partial charge in [0.2, 0.25) is 0 Å². The Morgan fingerprint density at radius 2 is 2.00 bits per heavy atom. The summed E-state index contributed by atoms with van der Waals surface area (Å²) in [6, 6.07) is 6.72. The highest BCUT2D eigenvalue weighted by molar-refractivity contribution is 6.04. The third-order valence-electron chi connectivity index (χ3n) is 2.39. The van der Waals surface area contributed by atoms with E-state index in [4.69, 9.17) is 4.74 Å². The van der Waals surface area contributed by atoms with Crippen molar-refractivity contribution in [2.24, 2.45) is 0 Å². The lowest BCUT2D eigenvalue weighted by molar-refractivity contribution is 0.0597. The summed E-state index contributed by atoms with van der Waals surface area (Å²) in [5.41, 5.74) is 0.320. The number of ether oxygens (including phenoxy) is 2. The Morgan fingerprint density at radius 3 is 2.65 bits per heavy atom. The number of hydrogen-bond acceptors (Lipinski definition) is 4. The van der Waals surface area contributed by atoms with Crippen LogP contribution in [0.25, 0.3) is 10.9 Å². The molecule has 17 heavy (non-hydrogen) atoms. The molecule has 0 aliphatic carbocycles. The number of pyridine rings is 1. The maximum atomic E-state index is 14.0. The zero-order valence-electron chi connectivity index (χ0n) is 9.36. The van der Waals surface area contributed by atoms with Gasteiger partial charge in [-0.1, -0.05) is 18.2 Å². The van der Waals surface area contributed by atoms with Crippen molar-refractivity contribution in [2.45, 2.75) is 0 Å². The van der Waals surface area contributed by atoms with Crippen LogP contribution in [0.3, 0.4) is 0 Å². The summed E-state index contributed by atoms with van der Waals surface area (Å²) in [7, 11) is 2.49. The summed E-state index contributed by atoms with van der Waals surface area (Å²) in [5, 5.41) is 0.401. The summed E-state index contributed by atoms with van der Waals surface area (Å²) < 4.78 is 23.3. The van der Waals surface area contributed by atoms with Crippen LogP contribution in [0.4, 0.5) is 4.39 Å². The fourth-order valence-corrected chi connectivity index (χ4v) is 1.60. The number of benzene rings is 1. The molecule has 1 aromatic carbocycles. The predicted octanol–water partition coefficient (Wildman–Crippen LogP) is 2.17. The van der Waals surface area contributed by atoms with Crippen LogP contribution in [0.1, 0.15) is 10.4 Å². The highest BCUT2D eigenvalue weighted by Crippen LogP contribution is 2.26. The van der Waals surface area contributed by atoms with Gasteiger partial charge >= 0.3 is 5.97 Å². The molecule has 0 unspecified atom stereocenters. The van der Waals surface area contributed by atoms with Gasteiger partial charge < -0.3 is 9.47 Å². The Bertz CT molecular complexity index is 583. The number of hydrogen-bond donors (Lipinski definition) is 0. The summed E-state index contributed by atoms with van der Waals surface area (Å²) >= 11 is 0. The monoisotopic (exact) mass is 235 g/mol. The maximum Gasteiger partial charge on any atom is 0.341 e. The zero-order chi connectivity index (χ0) is 12.4. The minimum Gasteiger partial charge on any atom is -0.479 e. The molecule has 5 heteroatoms. The van der Waals surface area contributed by atoms with Crippen molar-refractivity contribution in [3.63, 3.8) is 0 Å². The van der Waals surface area contributed by atoms with E-state index in [1.165, 1.54) is 14.2 Å². The summed E-state index contributed by atoms with van der Waals surface area (Å²) in [6.07, 6.45) is 0. The van der Waals surface area contributed by atoms with E-state index in [9.17, 15) is 9.18 Å². The second kappa shape index (κ2) is 4.37. The SMILES string of the molecule is COC(=O)c1c(F)c(OC)nc2ccccc12. The molecule has 0 saturated carbocycles. The minimum atomic E-state index is -0.807. The molecule has 0 radical (unpaired) electrons. The van der Waals surface area contributed by atoms with E-state index in [2.05, 4.69) is 9.72 Å². The number of nitrogens with zero attached hydrogens (tertiary/aromatic N) is 1. The molecule has 0 aliphatic rings. The van der Waals surface area contributed by atoms with Crippen LogP contribution in [-0.4, -0.2) is 25.2 Å². The second-order valence-corrected chi connectivity index (χ2v) is 3.32. The zero-order valence-corrected chi connectivity index (χ0v) is 9.36. The van der Waals surface area contributed by atoms with Gasteiger partial charge in [-0.05, 0) is 6.07 Å². The van der Waals surface area contributed by atoms with Crippen LogP contribution < -0.4 is 4.74 Å². The lowest BCUT2D eigenvalue weighted by Crippen LogP contribution is -2.08. The topological polar surface area (TPSA) is 48.4 Å². The molecule has 2 aromatic rings. The quantitative estimate of drug-likeness (QED) is 0.748. The number of halogens is 1. The van der Waals surface area contributed by atoms with Gasteiger partial charge in [-0.3, -0.25) is 0 Å². The van der Waals surface area contributed by atoms with Crippen LogP contribution in [0.2, 0.25) is 0 Å². The van der Waals surface area contributed by atoms with E-state index in [1.807, 2.05) is 0 Å². The van der Waals surface area contributed by atoms with Gasteiger partial charge in [0.25, 0.3) is 5.88 Å². The second-order valence-electron chi connectivity index (χ2n) is 3.32. The molecular formula is C12H10FNO3. The first-order valence-electron chi connectivity index (χ1n) is 4.89. The summed E-state index contributed by atoms with van der Waals surface area (Å²) in [5.74, 6) is -1.78. The van der Waals surface area contributed by atoms with Gasteiger partial charge in [-0.25, -0.2) is 14.2 Å². The molecule has 4 nitrogen and oxygen atoms in total. The van der Waals surface area contributed by atoms with Crippen molar-refractivity contribution in [1.82, 2.24) is 4.98 Å². The maximum absolute atomic E-state index is 14.0. The lowest BCUT2D eigenvalue weighted by atomic mass is 10.1. The number of para-hydroxylation sites is 1. The van der Waals surface area contributed by atoms with E-state index in [1.54, 1.807) is 24.3 Å². The third kappa shape index (κ3) is 1.80. The average molecular weight is 235 g/mol. The Balaban J connectivity index is 2.84. The van der Waals surface area contributed by atoms with Crippen LogP contribution >= 0.6 is 0 Å².